The first kappa shape index (κ1) is 29.3. The molecule has 6 nitrogen and oxygen atoms in total. The van der Waals surface area contributed by atoms with Crippen molar-refractivity contribution in [2.75, 3.05) is 14.2 Å². The summed E-state index contributed by atoms with van der Waals surface area (Å²) in [6.07, 6.45) is 3.95. The molecule has 0 aliphatic carbocycles. The molecule has 0 spiro atoms. The molecule has 39 heavy (non-hydrogen) atoms. The molecule has 0 aliphatic rings. The Morgan fingerprint density at radius 1 is 0.641 bits per heavy atom. The Balaban J connectivity index is 1.44. The molecule has 2 N–H and O–H groups in total. The standard InChI is InChI=1S/C29H22Br4N2O4/c1-38-24-12-22(30)26(32)20(28(24)36)14-34-18-7-3-16(4-8-18)11-17-5-9-19(10-6-17)35-15-21-27(33)23(31)13-25(39-2)29(21)37/h3-10,12-15,36-37H,11H2,1-2H3. The predicted octanol–water partition coefficient (Wildman–Crippen LogP) is 9.26. The first-order chi connectivity index (χ1) is 18.7. The number of phenols is 2. The van der Waals surface area contributed by atoms with Gasteiger partial charge in [-0.3, -0.25) is 9.98 Å². The normalized spacial score (nSPS) is 11.4. The highest BCUT2D eigenvalue weighted by atomic mass is 79.9. The van der Waals surface area contributed by atoms with E-state index in [1.807, 2.05) is 48.5 Å². The fourth-order valence-corrected chi connectivity index (χ4v) is 5.34. The van der Waals surface area contributed by atoms with Crippen LogP contribution in [0.2, 0.25) is 0 Å². The minimum Gasteiger partial charge on any atom is -0.504 e. The number of nitrogens with zero attached hydrogens (tertiary/aromatic N) is 2. The zero-order valence-electron chi connectivity index (χ0n) is 20.8. The van der Waals surface area contributed by atoms with E-state index in [0.717, 1.165) is 37.9 Å². The molecule has 0 saturated heterocycles. The Hall–Kier alpha value is -2.66. The van der Waals surface area contributed by atoms with Crippen LogP contribution in [0.5, 0.6) is 23.0 Å². The van der Waals surface area contributed by atoms with Crippen molar-refractivity contribution in [3.05, 3.63) is 101 Å². The highest BCUT2D eigenvalue weighted by Crippen LogP contribution is 2.40. The van der Waals surface area contributed by atoms with Crippen LogP contribution in [0.4, 0.5) is 11.4 Å². The van der Waals surface area contributed by atoms with Gasteiger partial charge in [-0.05, 0) is 118 Å². The highest BCUT2D eigenvalue weighted by Gasteiger charge is 2.15. The lowest BCUT2D eigenvalue weighted by atomic mass is 10.0. The van der Waals surface area contributed by atoms with Crippen molar-refractivity contribution < 1.29 is 19.7 Å². The summed E-state index contributed by atoms with van der Waals surface area (Å²) in [5, 5.41) is 20.9. The van der Waals surface area contributed by atoms with Crippen LogP contribution >= 0.6 is 63.7 Å². The predicted molar refractivity (Wildman–Crippen MR) is 170 cm³/mol. The molecule has 0 bridgehead atoms. The molecule has 0 fully saturated rings. The summed E-state index contributed by atoms with van der Waals surface area (Å²) in [6.45, 7) is 0. The van der Waals surface area contributed by atoms with Crippen molar-refractivity contribution in [1.29, 1.82) is 0 Å². The smallest absolute Gasteiger partial charge is 0.167 e. The van der Waals surface area contributed by atoms with Crippen molar-refractivity contribution in [2.45, 2.75) is 6.42 Å². The van der Waals surface area contributed by atoms with Crippen LogP contribution in [0.15, 0.2) is 88.5 Å². The van der Waals surface area contributed by atoms with Crippen LogP contribution in [-0.4, -0.2) is 36.9 Å². The second-order valence-electron chi connectivity index (χ2n) is 8.30. The van der Waals surface area contributed by atoms with Crippen LogP contribution in [-0.2, 0) is 6.42 Å². The lowest BCUT2D eigenvalue weighted by molar-refractivity contribution is 0.372. The second kappa shape index (κ2) is 13.1. The fraction of sp³-hybridized carbons (Fsp3) is 0.103. The maximum absolute atomic E-state index is 10.5. The van der Waals surface area contributed by atoms with E-state index in [-0.39, 0.29) is 11.5 Å². The number of aromatic hydroxyl groups is 2. The number of aliphatic imine (C=N–C) groups is 2. The van der Waals surface area contributed by atoms with E-state index in [1.54, 1.807) is 24.6 Å². The van der Waals surface area contributed by atoms with E-state index < -0.39 is 0 Å². The molecule has 0 aliphatic heterocycles. The third kappa shape index (κ3) is 6.92. The minimum absolute atomic E-state index is 0.0153. The fourth-order valence-electron chi connectivity index (χ4n) is 3.68. The van der Waals surface area contributed by atoms with E-state index in [9.17, 15) is 10.2 Å². The van der Waals surface area contributed by atoms with Gasteiger partial charge in [-0.2, -0.15) is 0 Å². The van der Waals surface area contributed by atoms with Gasteiger partial charge in [-0.15, -0.1) is 0 Å². The maximum atomic E-state index is 10.5. The second-order valence-corrected chi connectivity index (χ2v) is 11.6. The Morgan fingerprint density at radius 2 is 1.00 bits per heavy atom. The van der Waals surface area contributed by atoms with Crippen molar-refractivity contribution >= 4 is 87.5 Å². The molecule has 0 atom stereocenters. The lowest BCUT2D eigenvalue weighted by Gasteiger charge is -2.10. The molecular formula is C29H22Br4N2O4. The van der Waals surface area contributed by atoms with Gasteiger partial charge < -0.3 is 19.7 Å². The molecule has 0 amide bonds. The van der Waals surface area contributed by atoms with Crippen LogP contribution < -0.4 is 9.47 Å². The molecule has 0 radical (unpaired) electrons. The van der Waals surface area contributed by atoms with Gasteiger partial charge in [0.1, 0.15) is 0 Å². The van der Waals surface area contributed by atoms with Crippen molar-refractivity contribution in [3.8, 4) is 23.0 Å². The molecule has 0 unspecified atom stereocenters. The molecular weight excluding hydrogens is 760 g/mol. The first-order valence-corrected chi connectivity index (χ1v) is 14.6. The molecule has 200 valence electrons. The van der Waals surface area contributed by atoms with Crippen molar-refractivity contribution in [1.82, 2.24) is 0 Å². The van der Waals surface area contributed by atoms with Crippen molar-refractivity contribution in [3.63, 3.8) is 0 Å². The Labute approximate surface area is 260 Å². The Morgan fingerprint density at radius 3 is 1.33 bits per heavy atom. The maximum Gasteiger partial charge on any atom is 0.167 e. The van der Waals surface area contributed by atoms with Crippen LogP contribution in [0.3, 0.4) is 0 Å². The van der Waals surface area contributed by atoms with E-state index in [1.165, 1.54) is 14.2 Å². The van der Waals surface area contributed by atoms with Gasteiger partial charge in [0.2, 0.25) is 0 Å². The third-order valence-corrected chi connectivity index (χ3v) is 9.81. The first-order valence-electron chi connectivity index (χ1n) is 11.5. The molecule has 4 aromatic carbocycles. The van der Waals surface area contributed by atoms with Gasteiger partial charge in [-0.25, -0.2) is 0 Å². The van der Waals surface area contributed by atoms with E-state index in [4.69, 9.17) is 9.47 Å². The average molecular weight is 782 g/mol. The van der Waals surface area contributed by atoms with E-state index in [2.05, 4.69) is 73.7 Å². The minimum atomic E-state index is 0.0153. The highest BCUT2D eigenvalue weighted by molar-refractivity contribution is 9.13. The molecule has 0 saturated carbocycles. The van der Waals surface area contributed by atoms with Crippen LogP contribution in [0.25, 0.3) is 0 Å². The van der Waals surface area contributed by atoms with Gasteiger partial charge >= 0.3 is 0 Å². The van der Waals surface area contributed by atoms with Gasteiger partial charge in [-0.1, -0.05) is 24.3 Å². The molecule has 0 heterocycles. The third-order valence-electron chi connectivity index (χ3n) is 5.79. The summed E-state index contributed by atoms with van der Waals surface area (Å²) in [4.78, 5) is 9.02. The zero-order chi connectivity index (χ0) is 28.1. The van der Waals surface area contributed by atoms with E-state index in [0.29, 0.717) is 31.6 Å². The SMILES string of the molecule is COc1cc(Br)c(Br)c(C=Nc2ccc(Cc3ccc(N=Cc4c(O)c(OC)cc(Br)c4Br)cc3)cc2)c1O. The monoisotopic (exact) mass is 778 g/mol. The topological polar surface area (TPSA) is 83.6 Å². The molecule has 0 aromatic heterocycles. The molecule has 4 rings (SSSR count). The van der Waals surface area contributed by atoms with Crippen molar-refractivity contribution in [2.24, 2.45) is 9.98 Å². The molecule has 10 heteroatoms. The summed E-state index contributed by atoms with van der Waals surface area (Å²) >= 11 is 13.9. The van der Waals surface area contributed by atoms with Crippen LogP contribution in [0, 0.1) is 0 Å². The van der Waals surface area contributed by atoms with E-state index >= 15 is 0 Å². The largest absolute Gasteiger partial charge is 0.504 e. The van der Waals surface area contributed by atoms with Crippen LogP contribution in [0.1, 0.15) is 22.3 Å². The number of benzene rings is 4. The summed E-state index contributed by atoms with van der Waals surface area (Å²) in [5.74, 6) is 0.749. The quantitative estimate of drug-likeness (QED) is 0.175. The summed E-state index contributed by atoms with van der Waals surface area (Å²) < 4.78 is 13.3. The zero-order valence-corrected chi connectivity index (χ0v) is 27.1. The number of hydrogen-bond acceptors (Lipinski definition) is 6. The summed E-state index contributed by atoms with van der Waals surface area (Å²) in [7, 11) is 3.00. The number of hydrogen-bond donors (Lipinski definition) is 2. The number of methoxy groups -OCH3 is 2. The average Bonchev–Trinajstić information content (AvgIpc) is 2.94. The Bertz CT molecular complexity index is 1440. The van der Waals surface area contributed by atoms with Gasteiger partial charge in [0, 0.05) is 30.3 Å². The summed E-state index contributed by atoms with van der Waals surface area (Å²) in [6, 6.07) is 19.2. The van der Waals surface area contributed by atoms with Gasteiger partial charge in [0.25, 0.3) is 0 Å². The number of halogens is 4. The number of rotatable bonds is 8. The molecule has 4 aromatic rings. The van der Waals surface area contributed by atoms with Gasteiger partial charge in [0.15, 0.2) is 23.0 Å². The Kier molecular flexibility index (Phi) is 9.87. The summed E-state index contributed by atoms with van der Waals surface area (Å²) in [5.41, 5.74) is 4.82. The number of phenolic OH excluding ortho intramolecular Hbond substituents is 2. The number of ether oxygens (including phenoxy) is 2. The lowest BCUT2D eigenvalue weighted by Crippen LogP contribution is -1.92. The van der Waals surface area contributed by atoms with Gasteiger partial charge in [0.05, 0.1) is 36.7 Å².